The summed E-state index contributed by atoms with van der Waals surface area (Å²) in [6.45, 7) is 0. The molecule has 0 saturated heterocycles. The van der Waals surface area contributed by atoms with Gasteiger partial charge in [0.1, 0.15) is 23.5 Å². The number of hydrogen-bond donors (Lipinski definition) is 1. The minimum atomic E-state index is -0.276. The maximum atomic E-state index is 11.4. The fourth-order valence-corrected chi connectivity index (χ4v) is 1.48. The molecule has 0 aliphatic rings. The van der Waals surface area contributed by atoms with E-state index in [0.29, 0.717) is 17.1 Å². The zero-order chi connectivity index (χ0) is 13.7. The van der Waals surface area contributed by atoms with Crippen molar-refractivity contribution in [2.45, 2.75) is 0 Å². The van der Waals surface area contributed by atoms with Crippen LogP contribution in [0.5, 0.6) is 11.5 Å². The van der Waals surface area contributed by atoms with Crippen molar-refractivity contribution in [2.24, 2.45) is 0 Å². The van der Waals surface area contributed by atoms with E-state index < -0.39 is 0 Å². The smallest absolute Gasteiger partial charge is 0.269 e. The highest BCUT2D eigenvalue weighted by molar-refractivity contribution is 5.92. The van der Waals surface area contributed by atoms with Gasteiger partial charge in [-0.15, -0.1) is 0 Å². The van der Waals surface area contributed by atoms with Crippen molar-refractivity contribution < 1.29 is 14.3 Å². The van der Waals surface area contributed by atoms with Crippen molar-refractivity contribution in [2.75, 3.05) is 7.05 Å². The Labute approximate surface area is 110 Å². The Balaban J connectivity index is 2.18. The lowest BCUT2D eigenvalue weighted by atomic mass is 10.2. The van der Waals surface area contributed by atoms with Gasteiger partial charge < -0.3 is 10.1 Å². The van der Waals surface area contributed by atoms with Gasteiger partial charge in [0.25, 0.3) is 5.91 Å². The Kier molecular flexibility index (Phi) is 3.87. The Morgan fingerprint density at radius 1 is 1.21 bits per heavy atom. The molecule has 2 rings (SSSR count). The number of aromatic nitrogens is 1. The van der Waals surface area contributed by atoms with Gasteiger partial charge in [-0.25, -0.2) is 0 Å². The predicted octanol–water partition coefficient (Wildman–Crippen LogP) is 2.05. The fourth-order valence-electron chi connectivity index (χ4n) is 1.48. The Bertz CT molecular complexity index is 594. The van der Waals surface area contributed by atoms with Crippen LogP contribution in [0, 0.1) is 0 Å². The summed E-state index contributed by atoms with van der Waals surface area (Å²) in [6, 6.07) is 9.88. The predicted molar refractivity (Wildman–Crippen MR) is 69.5 cm³/mol. The molecule has 5 nitrogen and oxygen atoms in total. The molecule has 19 heavy (non-hydrogen) atoms. The van der Waals surface area contributed by atoms with Crippen LogP contribution < -0.4 is 10.1 Å². The van der Waals surface area contributed by atoms with E-state index in [1.165, 1.54) is 13.2 Å². The molecule has 0 aliphatic heterocycles. The van der Waals surface area contributed by atoms with Crippen molar-refractivity contribution in [1.82, 2.24) is 10.3 Å². The second-order valence-electron chi connectivity index (χ2n) is 3.74. The summed E-state index contributed by atoms with van der Waals surface area (Å²) >= 11 is 0. The van der Waals surface area contributed by atoms with E-state index in [9.17, 15) is 9.59 Å². The quantitative estimate of drug-likeness (QED) is 0.850. The highest BCUT2D eigenvalue weighted by Gasteiger charge is 2.06. The zero-order valence-corrected chi connectivity index (χ0v) is 10.3. The van der Waals surface area contributed by atoms with Gasteiger partial charge in [-0.1, -0.05) is 0 Å². The standard InChI is InChI=1S/C14H12N2O3/c1-15-14(18)13-8-12(6-7-16-13)19-11-4-2-10(9-17)3-5-11/h2-9H,1H3,(H,15,18). The Hall–Kier alpha value is -2.69. The van der Waals surface area contributed by atoms with Gasteiger partial charge in [0, 0.05) is 24.9 Å². The fraction of sp³-hybridized carbons (Fsp3) is 0.0714. The molecular weight excluding hydrogens is 244 g/mol. The first-order chi connectivity index (χ1) is 9.22. The first-order valence-electron chi connectivity index (χ1n) is 5.64. The van der Waals surface area contributed by atoms with Gasteiger partial charge in [0.2, 0.25) is 0 Å². The molecule has 2 aromatic rings. The van der Waals surface area contributed by atoms with Gasteiger partial charge in [0.05, 0.1) is 0 Å². The van der Waals surface area contributed by atoms with Gasteiger partial charge in [-0.3, -0.25) is 14.6 Å². The Morgan fingerprint density at radius 2 is 1.95 bits per heavy atom. The average molecular weight is 256 g/mol. The van der Waals surface area contributed by atoms with Crippen LogP contribution in [0.15, 0.2) is 42.6 Å². The van der Waals surface area contributed by atoms with Crippen LogP contribution in [0.1, 0.15) is 20.8 Å². The molecule has 1 N–H and O–H groups in total. The molecule has 1 amide bonds. The molecule has 0 saturated carbocycles. The zero-order valence-electron chi connectivity index (χ0n) is 10.3. The maximum Gasteiger partial charge on any atom is 0.269 e. The molecular formula is C14H12N2O3. The first kappa shape index (κ1) is 12.8. The van der Waals surface area contributed by atoms with Crippen LogP contribution in [0.25, 0.3) is 0 Å². The molecule has 0 bridgehead atoms. The number of pyridine rings is 1. The molecule has 0 radical (unpaired) electrons. The number of nitrogens with one attached hydrogen (secondary N) is 1. The molecule has 1 aromatic carbocycles. The number of benzene rings is 1. The van der Waals surface area contributed by atoms with Crippen molar-refractivity contribution in [1.29, 1.82) is 0 Å². The molecule has 0 unspecified atom stereocenters. The number of aldehydes is 1. The maximum absolute atomic E-state index is 11.4. The van der Waals surface area contributed by atoms with Crippen molar-refractivity contribution in [3.8, 4) is 11.5 Å². The van der Waals surface area contributed by atoms with E-state index in [4.69, 9.17) is 4.74 Å². The van der Waals surface area contributed by atoms with Crippen LogP contribution in [0.2, 0.25) is 0 Å². The number of amides is 1. The molecule has 1 heterocycles. The topological polar surface area (TPSA) is 68.3 Å². The third-order valence-electron chi connectivity index (χ3n) is 2.44. The Morgan fingerprint density at radius 3 is 2.58 bits per heavy atom. The molecule has 0 spiro atoms. The number of ether oxygens (including phenoxy) is 1. The van der Waals surface area contributed by atoms with Gasteiger partial charge >= 0.3 is 0 Å². The van der Waals surface area contributed by atoms with Crippen LogP contribution >= 0.6 is 0 Å². The lowest BCUT2D eigenvalue weighted by Gasteiger charge is -2.06. The number of hydrogen-bond acceptors (Lipinski definition) is 4. The largest absolute Gasteiger partial charge is 0.457 e. The molecule has 5 heteroatoms. The van der Waals surface area contributed by atoms with E-state index in [1.807, 2.05) is 0 Å². The summed E-state index contributed by atoms with van der Waals surface area (Å²) in [5.74, 6) is 0.814. The van der Waals surface area contributed by atoms with E-state index in [-0.39, 0.29) is 11.6 Å². The van der Waals surface area contributed by atoms with Crippen molar-refractivity contribution >= 4 is 12.2 Å². The molecule has 1 aromatic heterocycles. The second kappa shape index (κ2) is 5.77. The second-order valence-corrected chi connectivity index (χ2v) is 3.74. The van der Waals surface area contributed by atoms with Crippen molar-refractivity contribution in [3.63, 3.8) is 0 Å². The SMILES string of the molecule is CNC(=O)c1cc(Oc2ccc(C=O)cc2)ccn1. The lowest BCUT2D eigenvalue weighted by Crippen LogP contribution is -2.18. The number of carbonyl (C=O) groups excluding carboxylic acids is 2. The molecule has 0 fully saturated rings. The van der Waals surface area contributed by atoms with Crippen LogP contribution in [0.4, 0.5) is 0 Å². The van der Waals surface area contributed by atoms with Crippen molar-refractivity contribution in [3.05, 3.63) is 53.9 Å². The summed E-state index contributed by atoms with van der Waals surface area (Å²) in [5.41, 5.74) is 0.859. The number of rotatable bonds is 4. The summed E-state index contributed by atoms with van der Waals surface area (Å²) in [5, 5.41) is 2.49. The van der Waals surface area contributed by atoms with Gasteiger partial charge in [-0.05, 0) is 30.3 Å². The first-order valence-corrected chi connectivity index (χ1v) is 5.64. The van der Waals surface area contributed by atoms with Crippen LogP contribution in [-0.2, 0) is 0 Å². The molecule has 96 valence electrons. The summed E-state index contributed by atoms with van der Waals surface area (Å²) in [4.78, 5) is 25.9. The average Bonchev–Trinajstić information content (AvgIpc) is 2.47. The van der Waals surface area contributed by atoms with E-state index in [1.54, 1.807) is 36.4 Å². The third-order valence-corrected chi connectivity index (χ3v) is 2.44. The van der Waals surface area contributed by atoms with Gasteiger partial charge in [0.15, 0.2) is 0 Å². The highest BCUT2D eigenvalue weighted by atomic mass is 16.5. The van der Waals surface area contributed by atoms with E-state index in [0.717, 1.165) is 6.29 Å². The van der Waals surface area contributed by atoms with E-state index >= 15 is 0 Å². The highest BCUT2D eigenvalue weighted by Crippen LogP contribution is 2.21. The minimum Gasteiger partial charge on any atom is -0.457 e. The number of carbonyl (C=O) groups is 2. The monoisotopic (exact) mass is 256 g/mol. The number of nitrogens with zero attached hydrogens (tertiary/aromatic N) is 1. The summed E-state index contributed by atoms with van der Waals surface area (Å²) in [7, 11) is 1.54. The normalized spacial score (nSPS) is 9.74. The lowest BCUT2D eigenvalue weighted by molar-refractivity contribution is 0.0957. The van der Waals surface area contributed by atoms with Crippen LogP contribution in [-0.4, -0.2) is 24.2 Å². The van der Waals surface area contributed by atoms with Gasteiger partial charge in [-0.2, -0.15) is 0 Å². The summed E-state index contributed by atoms with van der Waals surface area (Å²) < 4.78 is 5.58. The molecule has 0 aliphatic carbocycles. The minimum absolute atomic E-state index is 0.276. The molecule has 0 atom stereocenters. The van der Waals surface area contributed by atoms with E-state index in [2.05, 4.69) is 10.3 Å². The third kappa shape index (κ3) is 3.16. The van der Waals surface area contributed by atoms with Crippen LogP contribution in [0.3, 0.4) is 0 Å². The summed E-state index contributed by atoms with van der Waals surface area (Å²) in [6.07, 6.45) is 2.26.